The highest BCUT2D eigenvalue weighted by molar-refractivity contribution is 5.38. The Balaban J connectivity index is 1.14. The van der Waals surface area contributed by atoms with Gasteiger partial charge in [0.1, 0.15) is 0 Å². The van der Waals surface area contributed by atoms with Gasteiger partial charge < -0.3 is 19.4 Å². The Morgan fingerprint density at radius 1 is 0.867 bits per heavy atom. The second kappa shape index (κ2) is 9.09. The van der Waals surface area contributed by atoms with Gasteiger partial charge in [-0.05, 0) is 89.9 Å². The molecule has 4 heterocycles. The predicted molar refractivity (Wildman–Crippen MR) is 120 cm³/mol. The zero-order chi connectivity index (χ0) is 20.5. The van der Waals surface area contributed by atoms with Crippen LogP contribution in [0.15, 0.2) is 12.4 Å². The van der Waals surface area contributed by atoms with Gasteiger partial charge in [-0.15, -0.1) is 0 Å². The molecule has 30 heavy (non-hydrogen) atoms. The molecular formula is C24H39N5O. The van der Waals surface area contributed by atoms with E-state index < -0.39 is 0 Å². The molecule has 1 saturated carbocycles. The summed E-state index contributed by atoms with van der Waals surface area (Å²) in [4.78, 5) is 17.4. The van der Waals surface area contributed by atoms with Gasteiger partial charge in [0.25, 0.3) is 0 Å². The lowest BCUT2D eigenvalue weighted by Crippen LogP contribution is -2.53. The summed E-state index contributed by atoms with van der Waals surface area (Å²) in [6, 6.07) is 1.97. The second-order valence-corrected chi connectivity index (χ2v) is 10.0. The van der Waals surface area contributed by atoms with Gasteiger partial charge in [-0.1, -0.05) is 0 Å². The molecule has 3 aliphatic heterocycles. The highest BCUT2D eigenvalue weighted by Gasteiger charge is 2.40. The molecule has 5 rings (SSSR count). The molecule has 2 atom stereocenters. The van der Waals surface area contributed by atoms with Crippen molar-refractivity contribution in [1.82, 2.24) is 19.8 Å². The van der Waals surface area contributed by atoms with Gasteiger partial charge in [-0.2, -0.15) is 0 Å². The Morgan fingerprint density at radius 2 is 1.47 bits per heavy atom. The SMILES string of the molecule is CCO[C@H]1CC[C@H](N2CCC(c3cnc(N4C5CCC4CN(C)C5)nc3)CC2)CC1. The lowest BCUT2D eigenvalue weighted by atomic mass is 9.87. The van der Waals surface area contributed by atoms with Crippen molar-refractivity contribution < 1.29 is 4.74 Å². The first-order chi connectivity index (χ1) is 14.7. The molecule has 4 fully saturated rings. The van der Waals surface area contributed by atoms with Gasteiger partial charge in [0, 0.05) is 50.2 Å². The summed E-state index contributed by atoms with van der Waals surface area (Å²) in [6.45, 7) is 7.71. The lowest BCUT2D eigenvalue weighted by molar-refractivity contribution is 0.00944. The smallest absolute Gasteiger partial charge is 0.225 e. The number of ether oxygens (including phenoxy) is 1. The highest BCUT2D eigenvalue weighted by Crippen LogP contribution is 2.35. The van der Waals surface area contributed by atoms with Crippen molar-refractivity contribution in [2.45, 2.75) is 88.4 Å². The first kappa shape index (κ1) is 20.7. The van der Waals surface area contributed by atoms with E-state index in [0.717, 1.165) is 31.7 Å². The number of likely N-dealkylation sites (tertiary alicyclic amines) is 2. The van der Waals surface area contributed by atoms with Crippen LogP contribution < -0.4 is 4.90 Å². The van der Waals surface area contributed by atoms with Gasteiger partial charge in [0.2, 0.25) is 5.95 Å². The molecule has 1 aromatic heterocycles. The van der Waals surface area contributed by atoms with Crippen LogP contribution in [-0.4, -0.2) is 83.8 Å². The van der Waals surface area contributed by atoms with Gasteiger partial charge >= 0.3 is 0 Å². The van der Waals surface area contributed by atoms with Crippen molar-refractivity contribution in [2.24, 2.45) is 0 Å². The fourth-order valence-electron chi connectivity index (χ4n) is 6.53. The zero-order valence-electron chi connectivity index (χ0n) is 18.9. The van der Waals surface area contributed by atoms with E-state index in [4.69, 9.17) is 14.7 Å². The number of aromatic nitrogens is 2. The molecule has 0 amide bonds. The van der Waals surface area contributed by atoms with Crippen LogP contribution in [0.4, 0.5) is 5.95 Å². The fourth-order valence-corrected chi connectivity index (χ4v) is 6.53. The summed E-state index contributed by atoms with van der Waals surface area (Å²) in [5, 5.41) is 0. The third-order valence-corrected chi connectivity index (χ3v) is 8.12. The Kier molecular flexibility index (Phi) is 6.26. The van der Waals surface area contributed by atoms with Crippen LogP contribution in [0.1, 0.15) is 69.8 Å². The number of anilines is 1. The summed E-state index contributed by atoms with van der Waals surface area (Å²) >= 11 is 0. The summed E-state index contributed by atoms with van der Waals surface area (Å²) in [5.41, 5.74) is 1.35. The average Bonchev–Trinajstić information content (AvgIpc) is 3.06. The maximum absolute atomic E-state index is 5.83. The molecule has 2 unspecified atom stereocenters. The highest BCUT2D eigenvalue weighted by atomic mass is 16.5. The Morgan fingerprint density at radius 3 is 2.07 bits per heavy atom. The number of rotatable bonds is 5. The van der Waals surface area contributed by atoms with Gasteiger partial charge in [-0.25, -0.2) is 9.97 Å². The normalized spacial score (nSPS) is 33.9. The van der Waals surface area contributed by atoms with Crippen LogP contribution >= 0.6 is 0 Å². The Bertz CT molecular complexity index is 667. The number of piperazine rings is 1. The first-order valence-corrected chi connectivity index (χ1v) is 12.4. The van der Waals surface area contributed by atoms with Crippen LogP contribution in [0.2, 0.25) is 0 Å². The average molecular weight is 414 g/mol. The molecule has 6 heteroatoms. The summed E-state index contributed by atoms with van der Waals surface area (Å²) in [6.07, 6.45) is 14.9. The number of hydrogen-bond donors (Lipinski definition) is 0. The van der Waals surface area contributed by atoms with E-state index in [0.29, 0.717) is 24.1 Å². The van der Waals surface area contributed by atoms with Gasteiger partial charge in [-0.3, -0.25) is 0 Å². The van der Waals surface area contributed by atoms with E-state index in [1.165, 1.54) is 70.0 Å². The van der Waals surface area contributed by atoms with Crippen LogP contribution in [-0.2, 0) is 4.74 Å². The number of nitrogens with zero attached hydrogens (tertiary/aromatic N) is 5. The van der Waals surface area contributed by atoms with E-state index in [9.17, 15) is 0 Å². The molecular weight excluding hydrogens is 374 g/mol. The molecule has 4 aliphatic rings. The molecule has 166 valence electrons. The molecule has 1 aliphatic carbocycles. The van der Waals surface area contributed by atoms with Crippen LogP contribution in [0.5, 0.6) is 0 Å². The monoisotopic (exact) mass is 413 g/mol. The van der Waals surface area contributed by atoms with Crippen molar-refractivity contribution in [2.75, 3.05) is 44.7 Å². The maximum atomic E-state index is 5.83. The topological polar surface area (TPSA) is 44.7 Å². The Hall–Kier alpha value is -1.24. The molecule has 6 nitrogen and oxygen atoms in total. The molecule has 3 saturated heterocycles. The Labute approximate surface area is 182 Å². The minimum Gasteiger partial charge on any atom is -0.379 e. The molecule has 0 radical (unpaired) electrons. The van der Waals surface area contributed by atoms with Crippen molar-refractivity contribution in [3.8, 4) is 0 Å². The third-order valence-electron chi connectivity index (χ3n) is 8.12. The van der Waals surface area contributed by atoms with E-state index in [-0.39, 0.29) is 0 Å². The van der Waals surface area contributed by atoms with E-state index in [1.807, 2.05) is 0 Å². The largest absolute Gasteiger partial charge is 0.379 e. The van der Waals surface area contributed by atoms with Gasteiger partial charge in [0.05, 0.1) is 6.10 Å². The van der Waals surface area contributed by atoms with Crippen molar-refractivity contribution in [1.29, 1.82) is 0 Å². The van der Waals surface area contributed by atoms with Crippen LogP contribution in [0.25, 0.3) is 0 Å². The van der Waals surface area contributed by atoms with Crippen molar-refractivity contribution in [3.63, 3.8) is 0 Å². The quantitative estimate of drug-likeness (QED) is 0.738. The molecule has 2 bridgehead atoms. The summed E-state index contributed by atoms with van der Waals surface area (Å²) in [5.74, 6) is 1.59. The summed E-state index contributed by atoms with van der Waals surface area (Å²) in [7, 11) is 2.24. The molecule has 0 N–H and O–H groups in total. The maximum Gasteiger partial charge on any atom is 0.225 e. The van der Waals surface area contributed by atoms with E-state index in [1.54, 1.807) is 0 Å². The van der Waals surface area contributed by atoms with Crippen molar-refractivity contribution >= 4 is 5.95 Å². The predicted octanol–water partition coefficient (Wildman–Crippen LogP) is 3.29. The molecule has 0 aromatic carbocycles. The fraction of sp³-hybridized carbons (Fsp3) is 0.833. The molecule has 0 spiro atoms. The number of fused-ring (bicyclic) bond motifs is 2. The molecule has 1 aromatic rings. The van der Waals surface area contributed by atoms with Gasteiger partial charge in [0.15, 0.2) is 0 Å². The minimum atomic E-state index is 0.509. The standard InChI is InChI=1S/C24H39N5O/c1-3-30-23-8-6-20(7-9-23)28-12-10-18(11-13-28)19-14-25-24(26-15-19)29-21-4-5-22(29)17-27(2)16-21/h14-15,18,20-23H,3-13,16-17H2,1-2H3/t20-,21?,22?,23-. The zero-order valence-corrected chi connectivity index (χ0v) is 18.9. The second-order valence-electron chi connectivity index (χ2n) is 10.0. The van der Waals surface area contributed by atoms with E-state index in [2.05, 4.69) is 41.1 Å². The first-order valence-electron chi connectivity index (χ1n) is 12.4. The van der Waals surface area contributed by atoms with E-state index >= 15 is 0 Å². The number of likely N-dealkylation sites (N-methyl/N-ethyl adjacent to an activating group) is 1. The number of piperidine rings is 1. The third kappa shape index (κ3) is 4.23. The number of hydrogen-bond acceptors (Lipinski definition) is 6. The van der Waals surface area contributed by atoms with Crippen LogP contribution in [0, 0.1) is 0 Å². The minimum absolute atomic E-state index is 0.509. The summed E-state index contributed by atoms with van der Waals surface area (Å²) < 4.78 is 5.83. The van der Waals surface area contributed by atoms with Crippen LogP contribution in [0.3, 0.4) is 0 Å². The lowest BCUT2D eigenvalue weighted by Gasteiger charge is -2.41. The van der Waals surface area contributed by atoms with Crippen molar-refractivity contribution in [3.05, 3.63) is 18.0 Å².